The van der Waals surface area contributed by atoms with Crippen LogP contribution in [0.5, 0.6) is 0 Å². The molecule has 0 bridgehead atoms. The number of piperidine rings is 1. The number of aromatic nitrogens is 3. The quantitative estimate of drug-likeness (QED) is 0.156. The number of likely N-dealkylation sites (tertiary alicyclic amines) is 1. The molecule has 2 aromatic carbocycles. The number of thioether (sulfide) groups is 1. The minimum Gasteiger partial charge on any atom is -0.446 e. The summed E-state index contributed by atoms with van der Waals surface area (Å²) in [5.41, 5.74) is 4.23. The number of carbonyl (C=O) groups is 2. The number of hydrogen-bond donors (Lipinski definition) is 2. The van der Waals surface area contributed by atoms with Crippen LogP contribution in [0.2, 0.25) is 10.0 Å². The summed E-state index contributed by atoms with van der Waals surface area (Å²) in [5, 5.41) is 8.69. The smallest absolute Gasteiger partial charge is 0.407 e. The lowest BCUT2D eigenvalue weighted by Crippen LogP contribution is -2.43. The number of sulfonamides is 1. The zero-order chi connectivity index (χ0) is 34.6. The first kappa shape index (κ1) is 36.0. The molecule has 0 atom stereocenters. The van der Waals surface area contributed by atoms with Crippen molar-refractivity contribution in [3.8, 4) is 16.4 Å². The lowest BCUT2D eigenvalue weighted by atomic mass is 10.00. The highest BCUT2D eigenvalue weighted by atomic mass is 35.5. The second-order valence-corrected chi connectivity index (χ2v) is 16.2. The van der Waals surface area contributed by atoms with Gasteiger partial charge >= 0.3 is 6.09 Å². The Hall–Kier alpha value is -3.30. The van der Waals surface area contributed by atoms with Crippen molar-refractivity contribution in [1.29, 1.82) is 0 Å². The molecule has 2 N–H and O–H groups in total. The van der Waals surface area contributed by atoms with Crippen molar-refractivity contribution in [3.63, 3.8) is 0 Å². The van der Waals surface area contributed by atoms with E-state index >= 15 is 0 Å². The molecule has 11 nitrogen and oxygen atoms in total. The molecule has 0 radical (unpaired) electrons. The van der Waals surface area contributed by atoms with Gasteiger partial charge in [0, 0.05) is 50.5 Å². The molecule has 0 unspecified atom stereocenters. The first-order valence-electron chi connectivity index (χ1n) is 15.3. The monoisotopic (exact) mass is 750 g/mol. The van der Waals surface area contributed by atoms with Crippen molar-refractivity contribution < 1.29 is 22.7 Å². The molecule has 1 fully saturated rings. The maximum Gasteiger partial charge on any atom is 0.407 e. The van der Waals surface area contributed by atoms with Crippen molar-refractivity contribution in [2.24, 2.45) is 0 Å². The SMILES string of the molecule is CCCSc1sc(-n2nc(C)c(Cc3ccccc3NS(C)(=O)=O)c2C(=O)N2CCC(OC(=O)NC)CC2)nc1-c1ccc(Cl)c(Cl)c1. The number of halogens is 2. The minimum atomic E-state index is -3.56. The molecule has 0 saturated carbocycles. The van der Waals surface area contributed by atoms with Crippen molar-refractivity contribution in [2.45, 2.75) is 49.8 Å². The van der Waals surface area contributed by atoms with Crippen LogP contribution in [0.1, 0.15) is 53.5 Å². The Morgan fingerprint density at radius 3 is 2.52 bits per heavy atom. The van der Waals surface area contributed by atoms with Crippen molar-refractivity contribution in [1.82, 2.24) is 25.0 Å². The van der Waals surface area contributed by atoms with Gasteiger partial charge < -0.3 is 15.0 Å². The first-order chi connectivity index (χ1) is 22.9. The van der Waals surface area contributed by atoms with Gasteiger partial charge in [0.1, 0.15) is 11.8 Å². The number of anilines is 1. The van der Waals surface area contributed by atoms with Gasteiger partial charge in [0.05, 0.1) is 37.6 Å². The van der Waals surface area contributed by atoms with E-state index in [0.717, 1.165) is 33.9 Å². The van der Waals surface area contributed by atoms with Gasteiger partial charge in [-0.15, -0.1) is 11.8 Å². The Bertz CT molecular complexity index is 1920. The van der Waals surface area contributed by atoms with Crippen LogP contribution < -0.4 is 10.0 Å². The highest BCUT2D eigenvalue weighted by Gasteiger charge is 2.32. The number of thiazole rings is 1. The number of rotatable bonds is 11. The summed E-state index contributed by atoms with van der Waals surface area (Å²) in [6.45, 7) is 4.69. The molecule has 5 rings (SSSR count). The van der Waals surface area contributed by atoms with E-state index in [4.69, 9.17) is 38.0 Å². The highest BCUT2D eigenvalue weighted by Crippen LogP contribution is 2.40. The number of amides is 2. The van der Waals surface area contributed by atoms with Crippen LogP contribution in [-0.4, -0.2) is 78.3 Å². The first-order valence-corrected chi connectivity index (χ1v) is 19.7. The van der Waals surface area contributed by atoms with Crippen molar-refractivity contribution >= 4 is 74.0 Å². The Morgan fingerprint density at radius 1 is 1.12 bits per heavy atom. The predicted molar refractivity (Wildman–Crippen MR) is 193 cm³/mol. The van der Waals surface area contributed by atoms with E-state index < -0.39 is 16.1 Å². The molecule has 1 aliphatic rings. The second-order valence-electron chi connectivity index (χ2n) is 11.3. The largest absolute Gasteiger partial charge is 0.446 e. The van der Waals surface area contributed by atoms with Gasteiger partial charge in [-0.2, -0.15) is 9.78 Å². The van der Waals surface area contributed by atoms with Gasteiger partial charge in [0.15, 0.2) is 0 Å². The number of ether oxygens (including phenoxy) is 1. The van der Waals surface area contributed by atoms with Crippen LogP contribution >= 0.6 is 46.3 Å². The normalized spacial score (nSPS) is 13.8. The maximum atomic E-state index is 14.5. The maximum absolute atomic E-state index is 14.5. The van der Waals surface area contributed by atoms with Crippen molar-refractivity contribution in [3.05, 3.63) is 75.0 Å². The fraction of sp³-hybridized carbons (Fsp3) is 0.375. The summed E-state index contributed by atoms with van der Waals surface area (Å²) in [6.07, 6.45) is 2.45. The molecule has 1 saturated heterocycles. The Labute approximate surface area is 298 Å². The second kappa shape index (κ2) is 15.5. The standard InChI is InChI=1S/C32H36Cl2N6O5S3/c1-5-16-46-30-27(21-10-11-24(33)25(34)18-21)36-31(47-30)40-28(29(41)39-14-12-22(13-15-39)45-32(42)35-3)23(19(2)37-40)17-20-8-6-7-9-26(20)38-48(4,43)44/h6-11,18,22,38H,5,12-17H2,1-4H3,(H,35,42). The van der Waals surface area contributed by atoms with Crippen LogP contribution in [-0.2, 0) is 21.2 Å². The molecule has 16 heteroatoms. The van der Waals surface area contributed by atoms with Crippen LogP contribution in [0.25, 0.3) is 16.4 Å². The number of carbonyl (C=O) groups excluding carboxylic acids is 2. The van der Waals surface area contributed by atoms with Gasteiger partial charge in [-0.25, -0.2) is 18.2 Å². The van der Waals surface area contributed by atoms with E-state index in [0.29, 0.717) is 69.3 Å². The average molecular weight is 752 g/mol. The highest BCUT2D eigenvalue weighted by molar-refractivity contribution is 8.01. The lowest BCUT2D eigenvalue weighted by Gasteiger charge is -2.31. The zero-order valence-electron chi connectivity index (χ0n) is 26.9. The molecular formula is C32H36Cl2N6O5S3. The summed E-state index contributed by atoms with van der Waals surface area (Å²) in [6, 6.07) is 12.5. The van der Waals surface area contributed by atoms with Gasteiger partial charge in [-0.05, 0) is 42.9 Å². The third-order valence-electron chi connectivity index (χ3n) is 7.67. The third kappa shape index (κ3) is 8.46. The molecule has 3 heterocycles. The predicted octanol–water partition coefficient (Wildman–Crippen LogP) is 7.04. The van der Waals surface area contributed by atoms with E-state index in [9.17, 15) is 18.0 Å². The molecule has 0 spiro atoms. The fourth-order valence-corrected chi connectivity index (χ4v) is 8.41. The van der Waals surface area contributed by atoms with E-state index in [1.165, 1.54) is 18.4 Å². The third-order valence-corrected chi connectivity index (χ3v) is 11.5. The number of para-hydroxylation sites is 1. The minimum absolute atomic E-state index is 0.240. The summed E-state index contributed by atoms with van der Waals surface area (Å²) < 4.78 is 34.9. The Morgan fingerprint density at radius 2 is 1.85 bits per heavy atom. The summed E-state index contributed by atoms with van der Waals surface area (Å²) in [4.78, 5) is 33.1. The van der Waals surface area contributed by atoms with E-state index in [1.54, 1.807) is 45.6 Å². The lowest BCUT2D eigenvalue weighted by molar-refractivity contribution is 0.0425. The van der Waals surface area contributed by atoms with Gasteiger partial charge in [0.25, 0.3) is 5.91 Å². The van der Waals surface area contributed by atoms with Crippen LogP contribution in [0.15, 0.2) is 46.7 Å². The van der Waals surface area contributed by atoms with Gasteiger partial charge in [-0.1, -0.05) is 65.7 Å². The fourth-order valence-electron chi connectivity index (χ4n) is 5.33. The molecule has 4 aromatic rings. The summed E-state index contributed by atoms with van der Waals surface area (Å²) in [7, 11) is -2.05. The van der Waals surface area contributed by atoms with E-state index in [-0.39, 0.29) is 18.4 Å². The van der Waals surface area contributed by atoms with Gasteiger partial charge in [0.2, 0.25) is 15.2 Å². The number of alkyl carbamates (subject to hydrolysis) is 1. The Balaban J connectivity index is 1.60. The molecule has 2 amide bonds. The molecule has 48 heavy (non-hydrogen) atoms. The number of hydrogen-bond acceptors (Lipinski definition) is 9. The van der Waals surface area contributed by atoms with E-state index in [2.05, 4.69) is 17.0 Å². The van der Waals surface area contributed by atoms with Crippen LogP contribution in [0.3, 0.4) is 0 Å². The molecule has 2 aromatic heterocycles. The summed E-state index contributed by atoms with van der Waals surface area (Å²) >= 11 is 15.7. The summed E-state index contributed by atoms with van der Waals surface area (Å²) in [5.74, 6) is 0.620. The zero-order valence-corrected chi connectivity index (χ0v) is 30.8. The van der Waals surface area contributed by atoms with Crippen LogP contribution in [0.4, 0.5) is 10.5 Å². The molecule has 256 valence electrons. The molecule has 0 aliphatic carbocycles. The number of aryl methyl sites for hydroxylation is 1. The van der Waals surface area contributed by atoms with E-state index in [1.807, 2.05) is 25.1 Å². The molecule has 1 aliphatic heterocycles. The Kier molecular flexibility index (Phi) is 11.6. The van der Waals surface area contributed by atoms with Gasteiger partial charge in [-0.3, -0.25) is 9.52 Å². The average Bonchev–Trinajstić information content (AvgIpc) is 3.62. The molecular weight excluding hydrogens is 715 g/mol. The van der Waals surface area contributed by atoms with Crippen molar-refractivity contribution in [2.75, 3.05) is 36.9 Å². The number of benzene rings is 2. The number of nitrogens with one attached hydrogen (secondary N) is 2. The topological polar surface area (TPSA) is 136 Å². The van der Waals surface area contributed by atoms with Crippen LogP contribution in [0, 0.1) is 6.92 Å². The number of nitrogens with zero attached hydrogens (tertiary/aromatic N) is 4.